The Kier molecular flexibility index (Phi) is 4.45. The second kappa shape index (κ2) is 5.20. The maximum Gasteiger partial charge on any atom is 0.220 e. The molecule has 15 heavy (non-hydrogen) atoms. The molecule has 3 heteroatoms. The molecule has 0 saturated heterocycles. The lowest BCUT2D eigenvalue weighted by molar-refractivity contribution is -0.123. The summed E-state index contributed by atoms with van der Waals surface area (Å²) in [6.45, 7) is 6.23. The number of rotatable bonds is 2. The number of hydrogen-bond acceptors (Lipinski definition) is 1. The van der Waals surface area contributed by atoms with Crippen LogP contribution in [0.1, 0.15) is 52.9 Å². The molecule has 1 N–H and O–H groups in total. The monoisotopic (exact) mass is 231 g/mol. The highest BCUT2D eigenvalue weighted by molar-refractivity contribution is 6.21. The van der Waals surface area contributed by atoms with Gasteiger partial charge < -0.3 is 5.32 Å². The predicted molar refractivity (Wildman–Crippen MR) is 64.1 cm³/mol. The first-order valence-corrected chi connectivity index (χ1v) is 6.25. The highest BCUT2D eigenvalue weighted by Crippen LogP contribution is 2.24. The zero-order valence-corrected chi connectivity index (χ0v) is 10.7. The molecule has 1 rings (SSSR count). The van der Waals surface area contributed by atoms with E-state index in [1.807, 2.05) is 0 Å². The van der Waals surface area contributed by atoms with Gasteiger partial charge in [-0.25, -0.2) is 0 Å². The van der Waals surface area contributed by atoms with E-state index in [9.17, 15) is 4.79 Å². The molecule has 0 aromatic heterocycles. The quantitative estimate of drug-likeness (QED) is 0.728. The largest absolute Gasteiger partial charge is 0.352 e. The number of amides is 1. The number of alkyl halides is 1. The highest BCUT2D eigenvalue weighted by atomic mass is 35.5. The molecule has 2 atom stereocenters. The molecule has 0 heterocycles. The third-order valence-electron chi connectivity index (χ3n) is 2.72. The summed E-state index contributed by atoms with van der Waals surface area (Å²) >= 11 is 6.18. The van der Waals surface area contributed by atoms with E-state index in [0.717, 1.165) is 12.8 Å². The van der Waals surface area contributed by atoms with Gasteiger partial charge in [0, 0.05) is 12.5 Å². The van der Waals surface area contributed by atoms with Crippen molar-refractivity contribution >= 4 is 17.5 Å². The van der Waals surface area contributed by atoms with E-state index >= 15 is 0 Å². The van der Waals surface area contributed by atoms with Gasteiger partial charge in [-0.05, 0) is 18.3 Å². The van der Waals surface area contributed by atoms with Crippen LogP contribution in [-0.2, 0) is 4.79 Å². The van der Waals surface area contributed by atoms with Crippen molar-refractivity contribution in [2.45, 2.75) is 64.3 Å². The minimum Gasteiger partial charge on any atom is -0.352 e. The lowest BCUT2D eigenvalue weighted by Gasteiger charge is -2.29. The second-order valence-corrected chi connectivity index (χ2v) is 6.27. The van der Waals surface area contributed by atoms with Gasteiger partial charge in [0.15, 0.2) is 0 Å². The fraction of sp³-hybridized carbons (Fsp3) is 0.917. The van der Waals surface area contributed by atoms with Crippen molar-refractivity contribution in [2.24, 2.45) is 5.41 Å². The fourth-order valence-electron chi connectivity index (χ4n) is 1.99. The maximum atomic E-state index is 11.7. The zero-order chi connectivity index (χ0) is 11.5. The summed E-state index contributed by atoms with van der Waals surface area (Å²) in [5.74, 6) is 0.139. The van der Waals surface area contributed by atoms with E-state index in [1.54, 1.807) is 0 Å². The van der Waals surface area contributed by atoms with Crippen LogP contribution in [0.15, 0.2) is 0 Å². The topological polar surface area (TPSA) is 29.1 Å². The number of nitrogens with one attached hydrogen (secondary N) is 1. The predicted octanol–water partition coefficient (Wildman–Crippen LogP) is 3.09. The Morgan fingerprint density at radius 3 is 2.47 bits per heavy atom. The van der Waals surface area contributed by atoms with Gasteiger partial charge in [0.2, 0.25) is 5.91 Å². The van der Waals surface area contributed by atoms with E-state index in [0.29, 0.717) is 6.42 Å². The van der Waals surface area contributed by atoms with Crippen molar-refractivity contribution in [2.75, 3.05) is 0 Å². The molecular formula is C12H22ClNO. The molecule has 0 bridgehead atoms. The Labute approximate surface area is 97.8 Å². The van der Waals surface area contributed by atoms with Crippen LogP contribution in [0.25, 0.3) is 0 Å². The van der Waals surface area contributed by atoms with E-state index in [4.69, 9.17) is 11.6 Å². The highest BCUT2D eigenvalue weighted by Gasteiger charge is 2.25. The van der Waals surface area contributed by atoms with Gasteiger partial charge >= 0.3 is 0 Å². The van der Waals surface area contributed by atoms with Crippen LogP contribution in [0, 0.1) is 5.41 Å². The van der Waals surface area contributed by atoms with Gasteiger partial charge in [0.05, 0.1) is 5.38 Å². The van der Waals surface area contributed by atoms with E-state index in [1.165, 1.54) is 12.8 Å². The van der Waals surface area contributed by atoms with Crippen LogP contribution in [0.2, 0.25) is 0 Å². The van der Waals surface area contributed by atoms with Crippen molar-refractivity contribution in [3.05, 3.63) is 0 Å². The number of hydrogen-bond donors (Lipinski definition) is 1. The standard InChI is InChI=1S/C12H22ClNO/c1-12(2,3)8-11(15)14-10-7-5-4-6-9(10)13/h9-10H,4-8H2,1-3H3,(H,14,15). The molecule has 2 nitrogen and oxygen atoms in total. The minimum absolute atomic E-state index is 0.0561. The summed E-state index contributed by atoms with van der Waals surface area (Å²) in [4.78, 5) is 11.7. The number of carbonyl (C=O) groups excluding carboxylic acids is 1. The molecule has 1 amide bonds. The van der Waals surface area contributed by atoms with Crippen LogP contribution in [0.4, 0.5) is 0 Å². The number of halogens is 1. The van der Waals surface area contributed by atoms with Crippen LogP contribution < -0.4 is 5.32 Å². The normalized spacial score (nSPS) is 27.5. The van der Waals surface area contributed by atoms with E-state index in [-0.39, 0.29) is 22.7 Å². The third-order valence-corrected chi connectivity index (χ3v) is 3.24. The summed E-state index contributed by atoms with van der Waals surface area (Å²) in [7, 11) is 0. The van der Waals surface area contributed by atoms with Crippen molar-refractivity contribution in [1.82, 2.24) is 5.32 Å². The first kappa shape index (κ1) is 12.8. The third kappa shape index (κ3) is 4.87. The molecule has 88 valence electrons. The molecule has 1 aliphatic rings. The van der Waals surface area contributed by atoms with Crippen molar-refractivity contribution in [1.29, 1.82) is 0 Å². The second-order valence-electron chi connectivity index (χ2n) is 5.71. The molecular weight excluding hydrogens is 210 g/mol. The summed E-state index contributed by atoms with van der Waals surface area (Å²) in [6.07, 6.45) is 5.02. The van der Waals surface area contributed by atoms with Crippen molar-refractivity contribution < 1.29 is 4.79 Å². The van der Waals surface area contributed by atoms with E-state index < -0.39 is 0 Å². The van der Waals surface area contributed by atoms with Gasteiger partial charge in [-0.2, -0.15) is 0 Å². The van der Waals surface area contributed by atoms with Gasteiger partial charge in [-0.15, -0.1) is 11.6 Å². The van der Waals surface area contributed by atoms with Gasteiger partial charge in [-0.3, -0.25) is 4.79 Å². The molecule has 0 radical (unpaired) electrons. The molecule has 1 saturated carbocycles. The molecule has 1 fully saturated rings. The Bertz CT molecular complexity index is 222. The Morgan fingerprint density at radius 2 is 1.93 bits per heavy atom. The average molecular weight is 232 g/mol. The lowest BCUT2D eigenvalue weighted by Crippen LogP contribution is -2.43. The molecule has 0 aromatic rings. The molecule has 0 spiro atoms. The smallest absolute Gasteiger partial charge is 0.220 e. The average Bonchev–Trinajstić information content (AvgIpc) is 2.05. The Hall–Kier alpha value is -0.240. The molecule has 0 aliphatic heterocycles. The van der Waals surface area contributed by atoms with Crippen molar-refractivity contribution in [3.8, 4) is 0 Å². The Morgan fingerprint density at radius 1 is 1.33 bits per heavy atom. The number of carbonyl (C=O) groups is 1. The van der Waals surface area contributed by atoms with Crippen LogP contribution in [0.3, 0.4) is 0 Å². The summed E-state index contributed by atoms with van der Waals surface area (Å²) in [5, 5.41) is 3.18. The Balaban J connectivity index is 2.36. The summed E-state index contributed by atoms with van der Waals surface area (Å²) in [6, 6.07) is 0.190. The molecule has 1 aliphatic carbocycles. The fourth-order valence-corrected chi connectivity index (χ4v) is 2.33. The van der Waals surface area contributed by atoms with Gasteiger partial charge in [0.1, 0.15) is 0 Å². The summed E-state index contributed by atoms with van der Waals surface area (Å²) in [5.41, 5.74) is 0.0561. The minimum atomic E-state index is 0.0561. The van der Waals surface area contributed by atoms with E-state index in [2.05, 4.69) is 26.1 Å². The van der Waals surface area contributed by atoms with Crippen LogP contribution in [-0.4, -0.2) is 17.3 Å². The maximum absolute atomic E-state index is 11.7. The van der Waals surface area contributed by atoms with Crippen LogP contribution in [0.5, 0.6) is 0 Å². The molecule has 2 unspecified atom stereocenters. The zero-order valence-electron chi connectivity index (χ0n) is 9.98. The summed E-state index contributed by atoms with van der Waals surface area (Å²) < 4.78 is 0. The van der Waals surface area contributed by atoms with Crippen LogP contribution >= 0.6 is 11.6 Å². The SMILES string of the molecule is CC(C)(C)CC(=O)NC1CCCCC1Cl. The van der Waals surface area contributed by atoms with Gasteiger partial charge in [-0.1, -0.05) is 33.6 Å². The van der Waals surface area contributed by atoms with Crippen molar-refractivity contribution in [3.63, 3.8) is 0 Å². The first-order valence-electron chi connectivity index (χ1n) is 5.82. The van der Waals surface area contributed by atoms with Gasteiger partial charge in [0.25, 0.3) is 0 Å². The molecule has 0 aromatic carbocycles. The first-order chi connectivity index (χ1) is 6.88. The lowest BCUT2D eigenvalue weighted by atomic mass is 9.90.